The van der Waals surface area contributed by atoms with Gasteiger partial charge in [-0.1, -0.05) is 6.07 Å². The number of carbonyl (C=O) groups excluding carboxylic acids is 2. The smallest absolute Gasteiger partial charge is 0.224 e. The van der Waals surface area contributed by atoms with Crippen molar-refractivity contribution in [3.63, 3.8) is 0 Å². The second kappa shape index (κ2) is 7.12. The maximum absolute atomic E-state index is 12.3. The molecule has 0 saturated carbocycles. The van der Waals surface area contributed by atoms with E-state index in [2.05, 4.69) is 15.5 Å². The summed E-state index contributed by atoms with van der Waals surface area (Å²) in [5.41, 5.74) is 1.94. The van der Waals surface area contributed by atoms with Crippen LogP contribution < -0.4 is 10.1 Å². The number of Topliss-reactive ketones (excluding diaryl/α,β-unsaturated/α-hetero) is 1. The molecule has 0 unspecified atom stereocenters. The van der Waals surface area contributed by atoms with Gasteiger partial charge in [0.05, 0.1) is 20.1 Å². The number of ether oxygens (including phenoxy) is 1. The number of nitrogens with zero attached hydrogens (tertiary/aromatic N) is 3. The van der Waals surface area contributed by atoms with E-state index >= 15 is 0 Å². The normalized spacial score (nSPS) is 10.6. The molecule has 1 aromatic carbocycles. The highest BCUT2D eigenvalue weighted by molar-refractivity contribution is 5.94. The maximum Gasteiger partial charge on any atom is 0.224 e. The van der Waals surface area contributed by atoms with Gasteiger partial charge in [-0.2, -0.15) is 0 Å². The summed E-state index contributed by atoms with van der Waals surface area (Å²) in [7, 11) is 1.53. The number of carbonyl (C=O) groups is 2. The van der Waals surface area contributed by atoms with Crippen LogP contribution in [0.15, 0.2) is 42.6 Å². The van der Waals surface area contributed by atoms with Crippen LogP contribution in [0, 0.1) is 0 Å². The Hall–Kier alpha value is -3.22. The highest BCUT2D eigenvalue weighted by Gasteiger charge is 2.12. The molecule has 0 atom stereocenters. The van der Waals surface area contributed by atoms with E-state index in [9.17, 15) is 9.59 Å². The van der Waals surface area contributed by atoms with E-state index < -0.39 is 0 Å². The topological polar surface area (TPSA) is 85.6 Å². The Morgan fingerprint density at radius 2 is 2.04 bits per heavy atom. The first-order valence-electron chi connectivity index (χ1n) is 7.81. The van der Waals surface area contributed by atoms with E-state index in [0.717, 1.165) is 5.65 Å². The zero-order valence-electron chi connectivity index (χ0n) is 14.0. The summed E-state index contributed by atoms with van der Waals surface area (Å²) in [6.07, 6.45) is 1.96. The fourth-order valence-electron chi connectivity index (χ4n) is 2.56. The molecule has 3 rings (SSSR count). The third-order valence-corrected chi connectivity index (χ3v) is 3.87. The predicted molar refractivity (Wildman–Crippen MR) is 91.5 cm³/mol. The van der Waals surface area contributed by atoms with Crippen molar-refractivity contribution < 1.29 is 14.3 Å². The molecule has 3 aromatic rings. The first kappa shape index (κ1) is 16.6. The number of hydrogen-bond donors (Lipinski definition) is 1. The van der Waals surface area contributed by atoms with Crippen LogP contribution in [0.4, 0.5) is 0 Å². The molecule has 2 aromatic heterocycles. The average molecular weight is 338 g/mol. The van der Waals surface area contributed by atoms with Crippen molar-refractivity contribution in [3.05, 3.63) is 59.5 Å². The van der Waals surface area contributed by atoms with Gasteiger partial charge in [-0.15, -0.1) is 10.2 Å². The maximum atomic E-state index is 12.3. The summed E-state index contributed by atoms with van der Waals surface area (Å²) < 4.78 is 7.09. The van der Waals surface area contributed by atoms with Gasteiger partial charge in [0.15, 0.2) is 17.3 Å². The standard InChI is InChI=1S/C18H18N4O3/c1-12(23)13-6-7-15(25-2)14(9-13)10-18(24)19-11-17-21-20-16-5-3-4-8-22(16)17/h3-9H,10-11H2,1-2H3,(H,19,24). The molecule has 0 bridgehead atoms. The quantitative estimate of drug-likeness (QED) is 0.693. The first-order chi connectivity index (χ1) is 12.1. The minimum Gasteiger partial charge on any atom is -0.496 e. The third-order valence-electron chi connectivity index (χ3n) is 3.87. The van der Waals surface area contributed by atoms with Crippen molar-refractivity contribution in [1.29, 1.82) is 0 Å². The number of amides is 1. The lowest BCUT2D eigenvalue weighted by atomic mass is 10.0. The highest BCUT2D eigenvalue weighted by atomic mass is 16.5. The highest BCUT2D eigenvalue weighted by Crippen LogP contribution is 2.21. The third kappa shape index (κ3) is 3.65. The number of rotatable bonds is 6. The van der Waals surface area contributed by atoms with Crippen molar-refractivity contribution in [2.75, 3.05) is 7.11 Å². The predicted octanol–water partition coefficient (Wildman–Crippen LogP) is 1.80. The Bertz CT molecular complexity index is 933. The minimum atomic E-state index is -0.188. The van der Waals surface area contributed by atoms with Crippen molar-refractivity contribution in [2.24, 2.45) is 0 Å². The van der Waals surface area contributed by atoms with E-state index in [1.54, 1.807) is 18.2 Å². The van der Waals surface area contributed by atoms with E-state index in [0.29, 0.717) is 22.7 Å². The van der Waals surface area contributed by atoms with Gasteiger partial charge in [-0.05, 0) is 37.3 Å². The van der Waals surface area contributed by atoms with Gasteiger partial charge in [0.2, 0.25) is 5.91 Å². The molecular formula is C18H18N4O3. The van der Waals surface area contributed by atoms with Crippen LogP contribution in [0.1, 0.15) is 28.7 Å². The molecule has 0 radical (unpaired) electrons. The fourth-order valence-corrected chi connectivity index (χ4v) is 2.56. The molecule has 0 fully saturated rings. The lowest BCUT2D eigenvalue weighted by molar-refractivity contribution is -0.120. The molecule has 2 heterocycles. The van der Waals surface area contributed by atoms with Crippen LogP contribution in [-0.2, 0) is 17.8 Å². The molecule has 128 valence electrons. The lowest BCUT2D eigenvalue weighted by Crippen LogP contribution is -2.25. The lowest BCUT2D eigenvalue weighted by Gasteiger charge is -2.10. The Morgan fingerprint density at radius 1 is 1.20 bits per heavy atom. The van der Waals surface area contributed by atoms with Gasteiger partial charge in [0.25, 0.3) is 0 Å². The van der Waals surface area contributed by atoms with Gasteiger partial charge in [0, 0.05) is 17.3 Å². The van der Waals surface area contributed by atoms with Crippen molar-refractivity contribution >= 4 is 17.3 Å². The van der Waals surface area contributed by atoms with E-state index in [1.165, 1.54) is 14.0 Å². The summed E-state index contributed by atoms with van der Waals surface area (Å²) in [4.78, 5) is 23.8. The zero-order chi connectivity index (χ0) is 17.8. The monoisotopic (exact) mass is 338 g/mol. The van der Waals surface area contributed by atoms with Gasteiger partial charge in [-0.25, -0.2) is 0 Å². The molecular weight excluding hydrogens is 320 g/mol. The van der Waals surface area contributed by atoms with Crippen LogP contribution >= 0.6 is 0 Å². The second-order valence-corrected chi connectivity index (χ2v) is 5.58. The van der Waals surface area contributed by atoms with Gasteiger partial charge < -0.3 is 10.1 Å². The molecule has 7 heteroatoms. The van der Waals surface area contributed by atoms with E-state index in [4.69, 9.17) is 4.74 Å². The number of hydrogen-bond acceptors (Lipinski definition) is 5. The molecule has 0 aliphatic carbocycles. The Balaban J connectivity index is 1.70. The summed E-state index contributed by atoms with van der Waals surface area (Å²) >= 11 is 0. The van der Waals surface area contributed by atoms with Crippen LogP contribution in [0.2, 0.25) is 0 Å². The first-order valence-corrected chi connectivity index (χ1v) is 7.81. The summed E-state index contributed by atoms with van der Waals surface area (Å²) in [5, 5.41) is 10.9. The molecule has 25 heavy (non-hydrogen) atoms. The van der Waals surface area contributed by atoms with Crippen molar-refractivity contribution in [2.45, 2.75) is 19.9 Å². The molecule has 0 saturated heterocycles. The molecule has 7 nitrogen and oxygen atoms in total. The van der Waals surface area contributed by atoms with Gasteiger partial charge in [-0.3, -0.25) is 14.0 Å². The molecule has 0 spiro atoms. The van der Waals surface area contributed by atoms with Crippen molar-refractivity contribution in [1.82, 2.24) is 19.9 Å². The van der Waals surface area contributed by atoms with Crippen molar-refractivity contribution in [3.8, 4) is 5.75 Å². The van der Waals surface area contributed by atoms with Crippen LogP contribution in [0.3, 0.4) is 0 Å². The SMILES string of the molecule is COc1ccc(C(C)=O)cc1CC(=O)NCc1nnc2ccccn12. The van der Waals surface area contributed by atoms with Crippen LogP contribution in [0.5, 0.6) is 5.75 Å². The van der Waals surface area contributed by atoms with Crippen LogP contribution in [0.25, 0.3) is 5.65 Å². The average Bonchev–Trinajstić information content (AvgIpc) is 3.03. The largest absolute Gasteiger partial charge is 0.496 e. The van der Waals surface area contributed by atoms with E-state index in [1.807, 2.05) is 28.8 Å². The summed E-state index contributed by atoms with van der Waals surface area (Å²) in [5.74, 6) is 0.979. The summed E-state index contributed by atoms with van der Waals surface area (Å²) in [6, 6.07) is 10.7. The number of nitrogens with one attached hydrogen (secondary N) is 1. The Morgan fingerprint density at radius 3 is 2.80 bits per heavy atom. The molecule has 1 N–H and O–H groups in total. The van der Waals surface area contributed by atoms with E-state index in [-0.39, 0.29) is 24.7 Å². The number of methoxy groups -OCH3 is 1. The fraction of sp³-hybridized carbons (Fsp3) is 0.222. The van der Waals surface area contributed by atoms with Gasteiger partial charge >= 0.3 is 0 Å². The van der Waals surface area contributed by atoms with Crippen LogP contribution in [-0.4, -0.2) is 33.4 Å². The van der Waals surface area contributed by atoms with Gasteiger partial charge in [0.1, 0.15) is 5.75 Å². The number of ketones is 1. The number of aromatic nitrogens is 3. The number of benzene rings is 1. The molecule has 0 aliphatic rings. The Kier molecular flexibility index (Phi) is 4.74. The second-order valence-electron chi connectivity index (χ2n) is 5.58. The zero-order valence-corrected chi connectivity index (χ0v) is 14.0. The Labute approximate surface area is 144 Å². The number of pyridine rings is 1. The summed E-state index contributed by atoms with van der Waals surface area (Å²) in [6.45, 7) is 1.75. The number of fused-ring (bicyclic) bond motifs is 1. The molecule has 1 amide bonds. The molecule has 0 aliphatic heterocycles. The minimum absolute atomic E-state index is 0.0563.